The number of rotatable bonds is 5. The highest BCUT2D eigenvalue weighted by molar-refractivity contribution is 7.89. The van der Waals surface area contributed by atoms with Crippen LogP contribution in [0, 0.1) is 5.41 Å². The van der Waals surface area contributed by atoms with Crippen LogP contribution in [0.15, 0.2) is 0 Å². The molecule has 1 saturated carbocycles. The van der Waals surface area contributed by atoms with Crippen molar-refractivity contribution in [1.29, 1.82) is 0 Å². The topological polar surface area (TPSA) is 58.2 Å². The predicted molar refractivity (Wildman–Crippen MR) is 66.9 cm³/mol. The molecule has 1 atom stereocenters. The summed E-state index contributed by atoms with van der Waals surface area (Å²) in [5, 5.41) is 3.35. The van der Waals surface area contributed by atoms with Gasteiger partial charge in [0, 0.05) is 12.6 Å². The fourth-order valence-electron chi connectivity index (χ4n) is 2.37. The Hall–Kier alpha value is -0.130. The monoisotopic (exact) mass is 248 g/mol. The standard InChI is InChI=1S/C11H24N2O2S/c1-11(2)6-4-5-10(9-11)13-7-8-16(14,15)12-3/h10,12-13H,4-9H2,1-3H3. The van der Waals surface area contributed by atoms with Crippen LogP contribution >= 0.6 is 0 Å². The van der Waals surface area contributed by atoms with Crippen molar-refractivity contribution in [2.24, 2.45) is 5.41 Å². The Balaban J connectivity index is 2.28. The molecule has 1 unspecified atom stereocenters. The Labute approximate surface area is 99.2 Å². The highest BCUT2D eigenvalue weighted by Gasteiger charge is 2.27. The second-order valence-corrected chi connectivity index (χ2v) is 7.48. The van der Waals surface area contributed by atoms with Crippen molar-refractivity contribution in [3.8, 4) is 0 Å². The van der Waals surface area contributed by atoms with E-state index in [1.54, 1.807) is 0 Å². The molecule has 1 fully saturated rings. The van der Waals surface area contributed by atoms with Crippen molar-refractivity contribution in [1.82, 2.24) is 10.0 Å². The van der Waals surface area contributed by atoms with Crippen molar-refractivity contribution in [3.05, 3.63) is 0 Å². The number of hydrogen-bond acceptors (Lipinski definition) is 3. The Morgan fingerprint density at radius 3 is 2.62 bits per heavy atom. The van der Waals surface area contributed by atoms with Gasteiger partial charge in [0.15, 0.2) is 0 Å². The van der Waals surface area contributed by atoms with E-state index in [2.05, 4.69) is 23.9 Å². The van der Waals surface area contributed by atoms with Crippen molar-refractivity contribution >= 4 is 10.0 Å². The normalized spacial score (nSPS) is 25.6. The van der Waals surface area contributed by atoms with Crippen LogP contribution in [0.3, 0.4) is 0 Å². The van der Waals surface area contributed by atoms with E-state index in [-0.39, 0.29) is 5.75 Å². The Kier molecular flexibility index (Phi) is 4.76. The van der Waals surface area contributed by atoms with Gasteiger partial charge in [-0.3, -0.25) is 0 Å². The first-order valence-corrected chi connectivity index (χ1v) is 7.64. The molecule has 0 bridgehead atoms. The van der Waals surface area contributed by atoms with Gasteiger partial charge >= 0.3 is 0 Å². The third kappa shape index (κ3) is 4.80. The Morgan fingerprint density at radius 1 is 1.38 bits per heavy atom. The van der Waals surface area contributed by atoms with E-state index in [9.17, 15) is 8.42 Å². The predicted octanol–water partition coefficient (Wildman–Crippen LogP) is 1.09. The maximum Gasteiger partial charge on any atom is 0.212 e. The fourth-order valence-corrected chi connectivity index (χ4v) is 2.96. The average Bonchev–Trinajstić information content (AvgIpc) is 2.16. The molecule has 5 heteroatoms. The number of nitrogens with one attached hydrogen (secondary N) is 2. The summed E-state index contributed by atoms with van der Waals surface area (Å²) in [7, 11) is -1.60. The maximum absolute atomic E-state index is 11.2. The van der Waals surface area contributed by atoms with Gasteiger partial charge in [-0.25, -0.2) is 13.1 Å². The summed E-state index contributed by atoms with van der Waals surface area (Å²) < 4.78 is 24.8. The van der Waals surface area contributed by atoms with Crippen LogP contribution in [0.4, 0.5) is 0 Å². The van der Waals surface area contributed by atoms with E-state index in [4.69, 9.17) is 0 Å². The molecule has 1 aliphatic rings. The second kappa shape index (κ2) is 5.47. The van der Waals surface area contributed by atoms with Gasteiger partial charge in [-0.15, -0.1) is 0 Å². The SMILES string of the molecule is CNS(=O)(=O)CCNC1CCCC(C)(C)C1. The summed E-state index contributed by atoms with van der Waals surface area (Å²) in [5.74, 6) is 0.167. The van der Waals surface area contributed by atoms with Crippen LogP contribution in [-0.2, 0) is 10.0 Å². The van der Waals surface area contributed by atoms with E-state index in [1.807, 2.05) is 0 Å². The Morgan fingerprint density at radius 2 is 2.06 bits per heavy atom. The molecule has 16 heavy (non-hydrogen) atoms. The van der Waals surface area contributed by atoms with Crippen LogP contribution in [0.25, 0.3) is 0 Å². The lowest BCUT2D eigenvalue weighted by Crippen LogP contribution is -2.40. The zero-order valence-electron chi connectivity index (χ0n) is 10.5. The molecular weight excluding hydrogens is 224 g/mol. The van der Waals surface area contributed by atoms with Gasteiger partial charge in [0.1, 0.15) is 0 Å². The van der Waals surface area contributed by atoms with E-state index in [1.165, 1.54) is 26.3 Å². The summed E-state index contributed by atoms with van der Waals surface area (Å²) in [5.41, 5.74) is 0.401. The molecule has 0 saturated heterocycles. The molecular formula is C11H24N2O2S. The van der Waals surface area contributed by atoms with Crippen LogP contribution in [-0.4, -0.2) is 33.8 Å². The van der Waals surface area contributed by atoms with Crippen LogP contribution in [0.2, 0.25) is 0 Å². The van der Waals surface area contributed by atoms with Gasteiger partial charge in [0.2, 0.25) is 10.0 Å². The minimum atomic E-state index is -3.06. The molecule has 4 nitrogen and oxygen atoms in total. The third-order valence-electron chi connectivity index (χ3n) is 3.32. The molecule has 0 spiro atoms. The third-order valence-corrected chi connectivity index (χ3v) is 4.68. The summed E-state index contributed by atoms with van der Waals surface area (Å²) >= 11 is 0. The van der Waals surface area contributed by atoms with Crippen molar-refractivity contribution in [3.63, 3.8) is 0 Å². The maximum atomic E-state index is 11.2. The second-order valence-electron chi connectivity index (χ2n) is 5.43. The first-order chi connectivity index (χ1) is 7.35. The summed E-state index contributed by atoms with van der Waals surface area (Å²) in [6.07, 6.45) is 4.83. The quantitative estimate of drug-likeness (QED) is 0.766. The Bertz CT molecular complexity index is 312. The van der Waals surface area contributed by atoms with E-state index < -0.39 is 10.0 Å². The van der Waals surface area contributed by atoms with Crippen LogP contribution < -0.4 is 10.0 Å². The molecule has 0 heterocycles. The van der Waals surface area contributed by atoms with Crippen molar-refractivity contribution in [2.45, 2.75) is 45.6 Å². The fraction of sp³-hybridized carbons (Fsp3) is 1.00. The first-order valence-electron chi connectivity index (χ1n) is 5.99. The van der Waals surface area contributed by atoms with E-state index in [0.29, 0.717) is 18.0 Å². The molecule has 0 radical (unpaired) electrons. The molecule has 96 valence electrons. The van der Waals surface area contributed by atoms with Crippen molar-refractivity contribution in [2.75, 3.05) is 19.3 Å². The van der Waals surface area contributed by atoms with Gasteiger partial charge in [-0.05, 0) is 31.7 Å². The highest BCUT2D eigenvalue weighted by Crippen LogP contribution is 2.34. The van der Waals surface area contributed by atoms with Crippen LogP contribution in [0.1, 0.15) is 39.5 Å². The minimum absolute atomic E-state index is 0.167. The van der Waals surface area contributed by atoms with Gasteiger partial charge in [0.05, 0.1) is 5.75 Å². The number of sulfonamides is 1. The zero-order chi connectivity index (χ0) is 12.2. The molecule has 0 aromatic heterocycles. The molecule has 0 aliphatic heterocycles. The molecule has 2 N–H and O–H groups in total. The van der Waals surface area contributed by atoms with Gasteiger partial charge in [-0.2, -0.15) is 0 Å². The summed E-state index contributed by atoms with van der Waals surface area (Å²) in [4.78, 5) is 0. The van der Waals surface area contributed by atoms with Crippen molar-refractivity contribution < 1.29 is 8.42 Å². The molecule has 1 rings (SSSR count). The van der Waals surface area contributed by atoms with Gasteiger partial charge in [-0.1, -0.05) is 20.3 Å². The summed E-state index contributed by atoms with van der Waals surface area (Å²) in [6.45, 7) is 5.11. The largest absolute Gasteiger partial charge is 0.313 e. The number of hydrogen-bond donors (Lipinski definition) is 2. The lowest BCUT2D eigenvalue weighted by atomic mass is 9.75. The molecule has 0 aromatic rings. The smallest absolute Gasteiger partial charge is 0.212 e. The van der Waals surface area contributed by atoms with Gasteiger partial charge < -0.3 is 5.32 Å². The van der Waals surface area contributed by atoms with E-state index >= 15 is 0 Å². The molecule has 0 aromatic carbocycles. The molecule has 0 amide bonds. The first kappa shape index (κ1) is 13.9. The lowest BCUT2D eigenvalue weighted by molar-refractivity contribution is 0.200. The van der Waals surface area contributed by atoms with E-state index in [0.717, 1.165) is 6.42 Å². The van der Waals surface area contributed by atoms with Gasteiger partial charge in [0.25, 0.3) is 0 Å². The highest BCUT2D eigenvalue weighted by atomic mass is 32.2. The minimum Gasteiger partial charge on any atom is -0.313 e. The molecule has 1 aliphatic carbocycles. The lowest BCUT2D eigenvalue weighted by Gasteiger charge is -2.35. The average molecular weight is 248 g/mol. The summed E-state index contributed by atoms with van der Waals surface area (Å²) in [6, 6.07) is 0.482. The zero-order valence-corrected chi connectivity index (χ0v) is 11.4. The van der Waals surface area contributed by atoms with Crippen LogP contribution in [0.5, 0.6) is 0 Å².